The second kappa shape index (κ2) is 7.51. The molecule has 0 radical (unpaired) electrons. The molecule has 2 aromatic rings. The van der Waals surface area contributed by atoms with Gasteiger partial charge >= 0.3 is 0 Å². The SMILES string of the molecule is C[C@@H]1C[NH+](C2CCN(S(=O)(=O)c3ccc4ccccc4c3)CC2)C[C@H](C)O1. The molecule has 0 saturated carbocycles. The smallest absolute Gasteiger partial charge is 0.243 e. The van der Waals surface area contributed by atoms with Gasteiger partial charge in [0, 0.05) is 25.9 Å². The summed E-state index contributed by atoms with van der Waals surface area (Å²) in [6.07, 6.45) is 2.40. The van der Waals surface area contributed by atoms with Crippen LogP contribution in [0.5, 0.6) is 0 Å². The average Bonchev–Trinajstić information content (AvgIpc) is 2.67. The molecule has 146 valence electrons. The Morgan fingerprint density at radius 1 is 0.963 bits per heavy atom. The van der Waals surface area contributed by atoms with E-state index < -0.39 is 10.0 Å². The van der Waals surface area contributed by atoms with Crippen LogP contribution in [0.15, 0.2) is 47.4 Å². The summed E-state index contributed by atoms with van der Waals surface area (Å²) < 4.78 is 33.7. The maximum atomic E-state index is 13.1. The van der Waals surface area contributed by atoms with Crippen molar-refractivity contribution >= 4 is 20.8 Å². The molecule has 0 aromatic heterocycles. The van der Waals surface area contributed by atoms with Gasteiger partial charge in [-0.1, -0.05) is 30.3 Å². The van der Waals surface area contributed by atoms with Crippen LogP contribution >= 0.6 is 0 Å². The number of nitrogens with zero attached hydrogens (tertiary/aromatic N) is 1. The van der Waals surface area contributed by atoms with Crippen molar-refractivity contribution in [1.29, 1.82) is 0 Å². The zero-order valence-corrected chi connectivity index (χ0v) is 16.9. The van der Waals surface area contributed by atoms with E-state index >= 15 is 0 Å². The van der Waals surface area contributed by atoms with Crippen LogP contribution in [0.4, 0.5) is 0 Å². The number of nitrogens with one attached hydrogen (secondary N) is 1. The Balaban J connectivity index is 1.46. The van der Waals surface area contributed by atoms with Gasteiger partial charge < -0.3 is 9.64 Å². The standard InChI is InChI=1S/C21H28N2O3S/c1-16-14-22(15-17(2)26-16)20-9-11-23(12-10-20)27(24,25)21-8-7-18-5-3-4-6-19(18)13-21/h3-8,13,16-17,20H,9-12,14-15H2,1-2H3/p+1/t16-,17+. The lowest BCUT2D eigenvalue weighted by Crippen LogP contribution is -3.19. The van der Waals surface area contributed by atoms with Gasteiger partial charge in [0.15, 0.2) is 0 Å². The second-order valence-electron chi connectivity index (χ2n) is 8.01. The first kappa shape index (κ1) is 18.9. The Kier molecular flexibility index (Phi) is 5.25. The van der Waals surface area contributed by atoms with Gasteiger partial charge in [-0.2, -0.15) is 4.31 Å². The highest BCUT2D eigenvalue weighted by molar-refractivity contribution is 7.89. The number of sulfonamides is 1. The molecule has 2 aromatic carbocycles. The van der Waals surface area contributed by atoms with Gasteiger partial charge in [0.2, 0.25) is 10.0 Å². The second-order valence-corrected chi connectivity index (χ2v) is 9.95. The van der Waals surface area contributed by atoms with Gasteiger partial charge in [0.25, 0.3) is 0 Å². The summed E-state index contributed by atoms with van der Waals surface area (Å²) in [4.78, 5) is 1.98. The lowest BCUT2D eigenvalue weighted by Gasteiger charge is -2.40. The van der Waals surface area contributed by atoms with Crippen molar-refractivity contribution in [2.75, 3.05) is 26.2 Å². The predicted molar refractivity (Wildman–Crippen MR) is 106 cm³/mol. The van der Waals surface area contributed by atoms with Crippen molar-refractivity contribution in [2.45, 2.75) is 49.8 Å². The van der Waals surface area contributed by atoms with E-state index in [0.29, 0.717) is 24.0 Å². The molecule has 2 aliphatic rings. The van der Waals surface area contributed by atoms with E-state index in [-0.39, 0.29) is 12.2 Å². The number of quaternary nitrogens is 1. The Morgan fingerprint density at radius 2 is 1.59 bits per heavy atom. The number of fused-ring (bicyclic) bond motifs is 1. The van der Waals surface area contributed by atoms with Crippen LogP contribution < -0.4 is 4.90 Å². The minimum Gasteiger partial charge on any atom is -0.364 e. The van der Waals surface area contributed by atoms with Crippen LogP contribution in [0.2, 0.25) is 0 Å². The fraction of sp³-hybridized carbons (Fsp3) is 0.524. The maximum absolute atomic E-state index is 13.1. The van der Waals surface area contributed by atoms with E-state index in [1.54, 1.807) is 21.3 Å². The molecule has 1 unspecified atom stereocenters. The van der Waals surface area contributed by atoms with Crippen LogP contribution in [0.3, 0.4) is 0 Å². The number of hydrogen-bond acceptors (Lipinski definition) is 3. The summed E-state index contributed by atoms with van der Waals surface area (Å²) in [7, 11) is -3.43. The first-order valence-electron chi connectivity index (χ1n) is 9.92. The molecule has 0 amide bonds. The van der Waals surface area contributed by atoms with Crippen LogP contribution in [-0.2, 0) is 14.8 Å². The molecule has 2 heterocycles. The number of morpholine rings is 1. The third-order valence-electron chi connectivity index (χ3n) is 5.95. The monoisotopic (exact) mass is 389 g/mol. The van der Waals surface area contributed by atoms with Crippen molar-refractivity contribution in [2.24, 2.45) is 0 Å². The first-order valence-corrected chi connectivity index (χ1v) is 11.4. The molecule has 2 fully saturated rings. The van der Waals surface area contributed by atoms with E-state index in [1.807, 2.05) is 30.3 Å². The molecular formula is C21H29N2O3S+. The van der Waals surface area contributed by atoms with Gasteiger partial charge in [-0.15, -0.1) is 0 Å². The van der Waals surface area contributed by atoms with Crippen molar-refractivity contribution in [3.05, 3.63) is 42.5 Å². The van der Waals surface area contributed by atoms with E-state index in [1.165, 1.54) is 0 Å². The Morgan fingerprint density at radius 3 is 2.26 bits per heavy atom. The average molecular weight is 390 g/mol. The molecule has 2 aliphatic heterocycles. The van der Waals surface area contributed by atoms with Crippen LogP contribution in [0.25, 0.3) is 10.8 Å². The molecule has 1 N–H and O–H groups in total. The first-order chi connectivity index (χ1) is 12.9. The molecule has 0 spiro atoms. The van der Waals surface area contributed by atoms with Gasteiger partial charge in [-0.05, 0) is 36.8 Å². The highest BCUT2D eigenvalue weighted by Crippen LogP contribution is 2.24. The Hall–Kier alpha value is -1.47. The van der Waals surface area contributed by atoms with Gasteiger partial charge in [-0.3, -0.25) is 0 Å². The zero-order chi connectivity index (χ0) is 19.0. The fourth-order valence-corrected chi connectivity index (χ4v) is 6.13. The van der Waals surface area contributed by atoms with E-state index in [4.69, 9.17) is 4.74 Å². The molecule has 3 atom stereocenters. The Labute approximate surface area is 162 Å². The molecule has 0 aliphatic carbocycles. The van der Waals surface area contributed by atoms with Crippen molar-refractivity contribution in [1.82, 2.24) is 4.31 Å². The number of ether oxygens (including phenoxy) is 1. The molecule has 5 nitrogen and oxygen atoms in total. The highest BCUT2D eigenvalue weighted by atomic mass is 32.2. The molecule has 6 heteroatoms. The van der Waals surface area contributed by atoms with Crippen LogP contribution in [0.1, 0.15) is 26.7 Å². The van der Waals surface area contributed by atoms with Crippen molar-refractivity contribution in [3.8, 4) is 0 Å². The predicted octanol–water partition coefficient (Wildman–Crippen LogP) is 1.69. The summed E-state index contributed by atoms with van der Waals surface area (Å²) in [6, 6.07) is 13.8. The largest absolute Gasteiger partial charge is 0.364 e. The normalized spacial score (nSPS) is 28.4. The van der Waals surface area contributed by atoms with Crippen LogP contribution in [-0.4, -0.2) is 57.2 Å². The quantitative estimate of drug-likeness (QED) is 0.869. The summed E-state index contributed by atoms with van der Waals surface area (Å²) in [5.41, 5.74) is 0. The molecule has 0 bridgehead atoms. The molecule has 4 rings (SSSR count). The third kappa shape index (κ3) is 3.90. The number of piperidine rings is 1. The molecule has 27 heavy (non-hydrogen) atoms. The summed E-state index contributed by atoms with van der Waals surface area (Å²) in [5.74, 6) is 0. The Bertz CT molecular complexity index is 897. The van der Waals surface area contributed by atoms with Gasteiger partial charge in [-0.25, -0.2) is 8.42 Å². The number of hydrogen-bond donors (Lipinski definition) is 1. The highest BCUT2D eigenvalue weighted by Gasteiger charge is 2.36. The van der Waals surface area contributed by atoms with Crippen molar-refractivity contribution in [3.63, 3.8) is 0 Å². The molecule has 2 saturated heterocycles. The van der Waals surface area contributed by atoms with Gasteiger partial charge in [0.05, 0.1) is 10.9 Å². The topological polar surface area (TPSA) is 51.0 Å². The summed E-state index contributed by atoms with van der Waals surface area (Å²) in [6.45, 7) is 7.52. The van der Waals surface area contributed by atoms with Crippen molar-refractivity contribution < 1.29 is 18.1 Å². The van der Waals surface area contributed by atoms with Crippen LogP contribution in [0, 0.1) is 0 Å². The molecular weight excluding hydrogens is 360 g/mol. The lowest BCUT2D eigenvalue weighted by molar-refractivity contribution is -0.940. The maximum Gasteiger partial charge on any atom is 0.243 e. The fourth-order valence-electron chi connectivity index (χ4n) is 4.63. The zero-order valence-electron chi connectivity index (χ0n) is 16.1. The minimum absolute atomic E-state index is 0.281. The summed E-state index contributed by atoms with van der Waals surface area (Å²) in [5, 5.41) is 2.03. The number of rotatable bonds is 3. The summed E-state index contributed by atoms with van der Waals surface area (Å²) >= 11 is 0. The van der Waals surface area contributed by atoms with Gasteiger partial charge in [0.1, 0.15) is 25.3 Å². The lowest BCUT2D eigenvalue weighted by atomic mass is 10.0. The van der Waals surface area contributed by atoms with E-state index in [2.05, 4.69) is 13.8 Å². The van der Waals surface area contributed by atoms with E-state index in [0.717, 1.165) is 36.7 Å². The van der Waals surface area contributed by atoms with E-state index in [9.17, 15) is 8.42 Å². The number of benzene rings is 2. The minimum atomic E-state index is -3.43. The third-order valence-corrected chi connectivity index (χ3v) is 7.85.